The van der Waals surface area contributed by atoms with Gasteiger partial charge in [0.15, 0.2) is 0 Å². The summed E-state index contributed by atoms with van der Waals surface area (Å²) < 4.78 is 12.0. The highest BCUT2D eigenvalue weighted by Gasteiger charge is 2.30. The van der Waals surface area contributed by atoms with E-state index in [1.54, 1.807) is 0 Å². The van der Waals surface area contributed by atoms with Crippen LogP contribution in [0.3, 0.4) is 0 Å². The molecule has 5 heteroatoms. The number of esters is 2. The molecule has 1 fully saturated rings. The third kappa shape index (κ3) is 26.4. The molecule has 0 radical (unpaired) electrons. The first-order chi connectivity index (χ1) is 26.0. The molecule has 0 amide bonds. The molecule has 0 bridgehead atoms. The van der Waals surface area contributed by atoms with Gasteiger partial charge in [0.2, 0.25) is 0 Å². The Morgan fingerprint density at radius 2 is 0.906 bits per heavy atom. The normalized spacial score (nSPS) is 17.5. The summed E-state index contributed by atoms with van der Waals surface area (Å²) in [6, 6.07) is 0.578. The van der Waals surface area contributed by atoms with Crippen LogP contribution < -0.4 is 0 Å². The molecular formula is C48H93NO4. The summed E-state index contributed by atoms with van der Waals surface area (Å²) in [4.78, 5) is 29.2. The quantitative estimate of drug-likeness (QED) is 0.0465. The minimum atomic E-state index is 0.0704. The number of likely N-dealkylation sites (tertiary alicyclic amines) is 1. The second-order valence-corrected chi connectivity index (χ2v) is 17.0. The Kier molecular flexibility index (Phi) is 34.4. The molecule has 1 rings (SSSR count). The molecule has 4 unspecified atom stereocenters. The zero-order chi connectivity index (χ0) is 38.6. The van der Waals surface area contributed by atoms with E-state index < -0.39 is 0 Å². The predicted octanol–water partition coefficient (Wildman–Crippen LogP) is 14.6. The molecule has 0 aromatic carbocycles. The lowest BCUT2D eigenvalue weighted by atomic mass is 9.82. The van der Waals surface area contributed by atoms with E-state index in [9.17, 15) is 9.59 Å². The van der Waals surface area contributed by atoms with Crippen LogP contribution in [0.1, 0.15) is 247 Å². The van der Waals surface area contributed by atoms with Gasteiger partial charge in [0, 0.05) is 6.04 Å². The average Bonchev–Trinajstić information content (AvgIpc) is 3.16. The number of rotatable bonds is 38. The van der Waals surface area contributed by atoms with Crippen LogP contribution in [0.4, 0.5) is 0 Å². The van der Waals surface area contributed by atoms with Gasteiger partial charge in [-0.15, -0.1) is 0 Å². The Morgan fingerprint density at radius 1 is 0.491 bits per heavy atom. The molecule has 0 spiro atoms. The number of unbranched alkanes of at least 4 members (excludes halogenated alkanes) is 18. The number of piperidine rings is 1. The van der Waals surface area contributed by atoms with Crippen LogP contribution >= 0.6 is 0 Å². The third-order valence-corrected chi connectivity index (χ3v) is 12.2. The molecule has 314 valence electrons. The van der Waals surface area contributed by atoms with Gasteiger partial charge in [-0.3, -0.25) is 9.59 Å². The fourth-order valence-electron chi connectivity index (χ4n) is 8.73. The monoisotopic (exact) mass is 748 g/mol. The average molecular weight is 748 g/mol. The molecule has 53 heavy (non-hydrogen) atoms. The second kappa shape index (κ2) is 36.5. The van der Waals surface area contributed by atoms with Crippen molar-refractivity contribution in [1.29, 1.82) is 0 Å². The highest BCUT2D eigenvalue weighted by Crippen LogP contribution is 2.32. The van der Waals surface area contributed by atoms with E-state index in [1.165, 1.54) is 148 Å². The molecular weight excluding hydrogens is 655 g/mol. The number of ether oxygens (including phenoxy) is 2. The molecule has 0 aromatic heterocycles. The number of hydrogen-bond donors (Lipinski definition) is 0. The molecule has 1 aliphatic heterocycles. The Hall–Kier alpha value is -1.10. The number of carbonyl (C=O) groups is 2. The van der Waals surface area contributed by atoms with Gasteiger partial charge in [0.05, 0.1) is 25.0 Å². The molecule has 0 saturated carbocycles. The van der Waals surface area contributed by atoms with Gasteiger partial charge in [-0.25, -0.2) is 0 Å². The lowest BCUT2D eigenvalue weighted by molar-refractivity contribution is -0.150. The first kappa shape index (κ1) is 49.9. The van der Waals surface area contributed by atoms with Gasteiger partial charge in [-0.05, 0) is 96.1 Å². The second-order valence-electron chi connectivity index (χ2n) is 17.0. The minimum absolute atomic E-state index is 0.0704. The van der Waals surface area contributed by atoms with Gasteiger partial charge in [0.25, 0.3) is 0 Å². The zero-order valence-electron chi connectivity index (χ0n) is 36.6. The van der Waals surface area contributed by atoms with Crippen molar-refractivity contribution in [1.82, 2.24) is 4.90 Å². The zero-order valence-corrected chi connectivity index (χ0v) is 36.6. The van der Waals surface area contributed by atoms with E-state index >= 15 is 0 Å². The van der Waals surface area contributed by atoms with Gasteiger partial charge in [-0.1, -0.05) is 169 Å². The highest BCUT2D eigenvalue weighted by molar-refractivity contribution is 5.72. The van der Waals surface area contributed by atoms with Crippen LogP contribution in [-0.4, -0.2) is 49.2 Å². The maximum atomic E-state index is 13.3. The van der Waals surface area contributed by atoms with E-state index in [-0.39, 0.29) is 23.8 Å². The van der Waals surface area contributed by atoms with Crippen molar-refractivity contribution < 1.29 is 19.1 Å². The lowest BCUT2D eigenvalue weighted by Gasteiger charge is -2.42. The SMILES string of the molecule is CCCCCCCCC(CCCCCC)C(=O)OCCCCC1CCCN(CCCC)C1CCCOC(=O)C(CCCCCC)CCCCCCCC. The van der Waals surface area contributed by atoms with Crippen molar-refractivity contribution in [2.24, 2.45) is 17.8 Å². The molecule has 4 atom stereocenters. The summed E-state index contributed by atoms with van der Waals surface area (Å²) in [5, 5.41) is 0. The molecule has 5 nitrogen and oxygen atoms in total. The highest BCUT2D eigenvalue weighted by atomic mass is 16.5. The summed E-state index contributed by atoms with van der Waals surface area (Å²) in [7, 11) is 0. The van der Waals surface area contributed by atoms with Crippen LogP contribution in [0.5, 0.6) is 0 Å². The van der Waals surface area contributed by atoms with Crippen LogP contribution in [0.15, 0.2) is 0 Å². The molecule has 1 heterocycles. The van der Waals surface area contributed by atoms with Crippen molar-refractivity contribution in [3.05, 3.63) is 0 Å². The molecule has 0 aliphatic carbocycles. The van der Waals surface area contributed by atoms with Gasteiger partial charge in [0.1, 0.15) is 0 Å². The third-order valence-electron chi connectivity index (χ3n) is 12.2. The largest absolute Gasteiger partial charge is 0.465 e. The van der Waals surface area contributed by atoms with Crippen molar-refractivity contribution in [3.63, 3.8) is 0 Å². The Labute approximate surface area is 331 Å². The summed E-state index contributed by atoms with van der Waals surface area (Å²) in [5.74, 6) is 1.00. The molecule has 1 saturated heterocycles. The summed E-state index contributed by atoms with van der Waals surface area (Å²) in [6.45, 7) is 14.9. The van der Waals surface area contributed by atoms with Crippen LogP contribution in [0, 0.1) is 17.8 Å². The predicted molar refractivity (Wildman–Crippen MR) is 228 cm³/mol. The summed E-state index contributed by atoms with van der Waals surface area (Å²) >= 11 is 0. The van der Waals surface area contributed by atoms with E-state index in [4.69, 9.17) is 9.47 Å². The van der Waals surface area contributed by atoms with Crippen LogP contribution in [0.25, 0.3) is 0 Å². The smallest absolute Gasteiger partial charge is 0.308 e. The van der Waals surface area contributed by atoms with Gasteiger partial charge in [-0.2, -0.15) is 0 Å². The Bertz CT molecular complexity index is 817. The topological polar surface area (TPSA) is 55.8 Å². The van der Waals surface area contributed by atoms with E-state index in [2.05, 4.69) is 39.5 Å². The summed E-state index contributed by atoms with van der Waals surface area (Å²) in [5.41, 5.74) is 0. The first-order valence-corrected chi connectivity index (χ1v) is 24.1. The molecule has 1 aliphatic rings. The maximum Gasteiger partial charge on any atom is 0.308 e. The first-order valence-electron chi connectivity index (χ1n) is 24.1. The van der Waals surface area contributed by atoms with Crippen molar-refractivity contribution in [3.8, 4) is 0 Å². The van der Waals surface area contributed by atoms with Crippen molar-refractivity contribution >= 4 is 11.9 Å². The maximum absolute atomic E-state index is 13.3. The fraction of sp³-hybridized carbons (Fsp3) is 0.958. The van der Waals surface area contributed by atoms with E-state index in [0.29, 0.717) is 25.2 Å². The van der Waals surface area contributed by atoms with Gasteiger partial charge >= 0.3 is 11.9 Å². The number of carbonyl (C=O) groups excluding carboxylic acids is 2. The number of nitrogens with zero attached hydrogens (tertiary/aromatic N) is 1. The molecule has 0 N–H and O–H groups in total. The Morgan fingerprint density at radius 3 is 1.38 bits per heavy atom. The summed E-state index contributed by atoms with van der Waals surface area (Å²) in [6.07, 6.45) is 39.5. The van der Waals surface area contributed by atoms with E-state index in [0.717, 1.165) is 77.0 Å². The molecule has 0 aromatic rings. The lowest BCUT2D eigenvalue weighted by Crippen LogP contribution is -2.45. The fourth-order valence-corrected chi connectivity index (χ4v) is 8.73. The van der Waals surface area contributed by atoms with Gasteiger partial charge < -0.3 is 14.4 Å². The number of hydrogen-bond acceptors (Lipinski definition) is 5. The van der Waals surface area contributed by atoms with E-state index in [1.807, 2.05) is 0 Å². The minimum Gasteiger partial charge on any atom is -0.465 e. The van der Waals surface area contributed by atoms with Crippen molar-refractivity contribution in [2.45, 2.75) is 253 Å². The Balaban J connectivity index is 2.59. The standard InChI is InChI=1S/C48H93NO4/c1-6-11-16-20-22-26-35-44(33-24-18-13-8-3)47(50)52-41-29-28-32-43-37-30-40-49(39-15-10-5)46(43)38-31-42-53-48(51)45(34-25-19-14-9-4)36-27-23-21-17-12-7-2/h43-46H,6-42H2,1-5H3. The van der Waals surface area contributed by atoms with Crippen molar-refractivity contribution in [2.75, 3.05) is 26.3 Å². The van der Waals surface area contributed by atoms with Crippen LogP contribution in [0.2, 0.25) is 0 Å². The van der Waals surface area contributed by atoms with Crippen LogP contribution in [-0.2, 0) is 19.1 Å².